The van der Waals surface area contributed by atoms with Gasteiger partial charge in [-0.3, -0.25) is 0 Å². The Hall–Kier alpha value is -1.00. The first kappa shape index (κ1) is 15.4. The summed E-state index contributed by atoms with van der Waals surface area (Å²) in [6, 6.07) is 9.41. The van der Waals surface area contributed by atoms with E-state index in [4.69, 9.17) is 32.4 Å². The summed E-state index contributed by atoms with van der Waals surface area (Å²) in [5.74, 6) is 1.63. The second kappa shape index (κ2) is 7.14. The molecule has 1 unspecified atom stereocenters. The molecule has 0 aliphatic carbocycles. The molecule has 1 heterocycles. The Morgan fingerprint density at radius 2 is 2.00 bits per heavy atom. The first-order valence-electron chi connectivity index (χ1n) is 6.41. The van der Waals surface area contributed by atoms with Crippen LogP contribution >= 0.6 is 23.2 Å². The van der Waals surface area contributed by atoms with Crippen LogP contribution in [0.5, 0.6) is 0 Å². The molecular weight excluding hydrogens is 297 g/mol. The summed E-state index contributed by atoms with van der Waals surface area (Å²) in [7, 11) is 1.64. The van der Waals surface area contributed by atoms with Crippen molar-refractivity contribution >= 4 is 23.2 Å². The van der Waals surface area contributed by atoms with Gasteiger partial charge in [-0.2, -0.15) is 0 Å². The molecule has 1 aromatic heterocycles. The van der Waals surface area contributed by atoms with E-state index in [1.54, 1.807) is 13.2 Å². The number of ether oxygens (including phenoxy) is 1. The summed E-state index contributed by atoms with van der Waals surface area (Å²) in [5, 5.41) is 4.47. The zero-order chi connectivity index (χ0) is 14.5. The Kier molecular flexibility index (Phi) is 5.49. The predicted octanol–water partition coefficient (Wildman–Crippen LogP) is 4.43. The van der Waals surface area contributed by atoms with Crippen molar-refractivity contribution in [3.63, 3.8) is 0 Å². The van der Waals surface area contributed by atoms with Gasteiger partial charge in [0.25, 0.3) is 0 Å². The van der Waals surface area contributed by atoms with Crippen LogP contribution in [0.3, 0.4) is 0 Å². The number of nitrogens with one attached hydrogen (secondary N) is 1. The predicted molar refractivity (Wildman–Crippen MR) is 81.4 cm³/mol. The van der Waals surface area contributed by atoms with Crippen molar-refractivity contribution in [3.8, 4) is 0 Å². The van der Waals surface area contributed by atoms with E-state index < -0.39 is 0 Å². The van der Waals surface area contributed by atoms with E-state index in [-0.39, 0.29) is 6.04 Å². The maximum Gasteiger partial charge on any atom is 0.129 e. The summed E-state index contributed by atoms with van der Waals surface area (Å²) in [4.78, 5) is 0. The highest BCUT2D eigenvalue weighted by molar-refractivity contribution is 6.42. The molecule has 0 amide bonds. The minimum Gasteiger partial charge on any atom is -0.462 e. The lowest BCUT2D eigenvalue weighted by Crippen LogP contribution is -2.21. The number of methoxy groups -OCH3 is 1. The summed E-state index contributed by atoms with van der Waals surface area (Å²) < 4.78 is 10.9. The molecule has 0 radical (unpaired) electrons. The van der Waals surface area contributed by atoms with Crippen molar-refractivity contribution in [1.82, 2.24) is 5.32 Å². The van der Waals surface area contributed by atoms with Crippen LogP contribution in [0.15, 0.2) is 34.7 Å². The van der Waals surface area contributed by atoms with Gasteiger partial charge in [0.05, 0.1) is 16.1 Å². The van der Waals surface area contributed by atoms with Gasteiger partial charge in [-0.25, -0.2) is 0 Å². The van der Waals surface area contributed by atoms with Crippen molar-refractivity contribution < 1.29 is 9.15 Å². The van der Waals surface area contributed by atoms with E-state index in [0.717, 1.165) is 23.6 Å². The van der Waals surface area contributed by atoms with Crippen molar-refractivity contribution in [3.05, 3.63) is 57.5 Å². The zero-order valence-corrected chi connectivity index (χ0v) is 13.0. The quantitative estimate of drug-likeness (QED) is 0.856. The lowest BCUT2D eigenvalue weighted by Gasteiger charge is -2.16. The summed E-state index contributed by atoms with van der Waals surface area (Å²) in [5.41, 5.74) is 1.01. The normalized spacial score (nSPS) is 12.6. The summed E-state index contributed by atoms with van der Waals surface area (Å²) >= 11 is 12.1. The van der Waals surface area contributed by atoms with Gasteiger partial charge in [-0.05, 0) is 36.4 Å². The minimum atomic E-state index is -0.0552. The Morgan fingerprint density at radius 1 is 1.20 bits per heavy atom. The highest BCUT2D eigenvalue weighted by atomic mass is 35.5. The lowest BCUT2D eigenvalue weighted by molar-refractivity contribution is 0.162. The molecule has 2 rings (SSSR count). The van der Waals surface area contributed by atoms with Crippen LogP contribution in [0.2, 0.25) is 10.0 Å². The van der Waals surface area contributed by atoms with Crippen molar-refractivity contribution in [2.75, 3.05) is 13.7 Å². The maximum absolute atomic E-state index is 6.09. The standard InChI is InChI=1S/C15H17Cl2NO2/c1-3-18-15(10-4-6-12(16)13(17)8-10)14-7-5-11(20-14)9-19-2/h4-8,15,18H,3,9H2,1-2H3. The van der Waals surface area contributed by atoms with Gasteiger partial charge in [-0.1, -0.05) is 36.2 Å². The van der Waals surface area contributed by atoms with Crippen LogP contribution in [-0.4, -0.2) is 13.7 Å². The summed E-state index contributed by atoms with van der Waals surface area (Å²) in [6.45, 7) is 3.31. The molecule has 1 aromatic carbocycles. The van der Waals surface area contributed by atoms with Gasteiger partial charge >= 0.3 is 0 Å². The second-order valence-corrected chi connectivity index (χ2v) is 5.22. The van der Waals surface area contributed by atoms with Gasteiger partial charge in [0, 0.05) is 7.11 Å². The first-order valence-corrected chi connectivity index (χ1v) is 7.17. The molecule has 20 heavy (non-hydrogen) atoms. The van der Waals surface area contributed by atoms with Gasteiger partial charge in [0.2, 0.25) is 0 Å². The SMILES string of the molecule is CCNC(c1ccc(Cl)c(Cl)c1)c1ccc(COC)o1. The van der Waals surface area contributed by atoms with Crippen molar-refractivity contribution in [2.45, 2.75) is 19.6 Å². The van der Waals surface area contributed by atoms with Crippen molar-refractivity contribution in [1.29, 1.82) is 0 Å². The molecule has 1 atom stereocenters. The highest BCUT2D eigenvalue weighted by Gasteiger charge is 2.18. The molecule has 0 fully saturated rings. The average molecular weight is 314 g/mol. The average Bonchev–Trinajstić information content (AvgIpc) is 2.88. The Labute approximate surface area is 128 Å². The number of hydrogen-bond acceptors (Lipinski definition) is 3. The van der Waals surface area contributed by atoms with Gasteiger partial charge in [0.1, 0.15) is 18.1 Å². The Bertz CT molecular complexity index is 569. The third-order valence-corrected chi connectivity index (χ3v) is 3.68. The molecule has 3 nitrogen and oxygen atoms in total. The second-order valence-electron chi connectivity index (χ2n) is 4.40. The van der Waals surface area contributed by atoms with Gasteiger partial charge < -0.3 is 14.5 Å². The van der Waals surface area contributed by atoms with E-state index in [1.807, 2.05) is 31.2 Å². The fraction of sp³-hybridized carbons (Fsp3) is 0.333. The van der Waals surface area contributed by atoms with Crippen LogP contribution < -0.4 is 5.32 Å². The topological polar surface area (TPSA) is 34.4 Å². The van der Waals surface area contributed by atoms with Crippen LogP contribution in [-0.2, 0) is 11.3 Å². The fourth-order valence-corrected chi connectivity index (χ4v) is 2.35. The molecule has 0 spiro atoms. The van der Waals surface area contributed by atoms with E-state index in [1.165, 1.54) is 0 Å². The molecule has 5 heteroatoms. The van der Waals surface area contributed by atoms with E-state index in [0.29, 0.717) is 16.7 Å². The number of hydrogen-bond donors (Lipinski definition) is 1. The number of benzene rings is 1. The van der Waals surface area contributed by atoms with E-state index >= 15 is 0 Å². The molecule has 0 aliphatic rings. The van der Waals surface area contributed by atoms with Crippen LogP contribution in [0.4, 0.5) is 0 Å². The van der Waals surface area contributed by atoms with Gasteiger partial charge in [0.15, 0.2) is 0 Å². The fourth-order valence-electron chi connectivity index (χ4n) is 2.05. The van der Waals surface area contributed by atoms with Crippen molar-refractivity contribution in [2.24, 2.45) is 0 Å². The van der Waals surface area contributed by atoms with E-state index in [9.17, 15) is 0 Å². The maximum atomic E-state index is 6.09. The van der Waals surface area contributed by atoms with Crippen LogP contribution in [0.1, 0.15) is 30.0 Å². The Morgan fingerprint density at radius 3 is 2.65 bits per heavy atom. The number of halogens is 2. The number of furan rings is 1. The largest absolute Gasteiger partial charge is 0.462 e. The molecule has 2 aromatic rings. The van der Waals surface area contributed by atoms with E-state index in [2.05, 4.69) is 5.32 Å². The third kappa shape index (κ3) is 3.55. The van der Waals surface area contributed by atoms with Gasteiger partial charge in [-0.15, -0.1) is 0 Å². The van der Waals surface area contributed by atoms with Crippen LogP contribution in [0, 0.1) is 0 Å². The molecule has 0 bridgehead atoms. The third-order valence-electron chi connectivity index (χ3n) is 2.94. The highest BCUT2D eigenvalue weighted by Crippen LogP contribution is 2.29. The Balaban J connectivity index is 2.31. The molecule has 0 aliphatic heterocycles. The van der Waals surface area contributed by atoms with Crippen LogP contribution in [0.25, 0.3) is 0 Å². The molecule has 0 saturated heterocycles. The zero-order valence-electron chi connectivity index (χ0n) is 11.5. The number of rotatable bonds is 6. The summed E-state index contributed by atoms with van der Waals surface area (Å²) in [6.07, 6.45) is 0. The monoisotopic (exact) mass is 313 g/mol. The molecule has 0 saturated carbocycles. The molecule has 1 N–H and O–H groups in total. The molecule has 108 valence electrons. The smallest absolute Gasteiger partial charge is 0.129 e. The lowest BCUT2D eigenvalue weighted by atomic mass is 10.0. The molecular formula is C15H17Cl2NO2. The minimum absolute atomic E-state index is 0.0552. The first-order chi connectivity index (χ1) is 9.65.